The average Bonchev–Trinajstić information content (AvgIpc) is 2.77. The summed E-state index contributed by atoms with van der Waals surface area (Å²) < 4.78 is 0. The van der Waals surface area contributed by atoms with Gasteiger partial charge in [-0.1, -0.05) is 0 Å². The van der Waals surface area contributed by atoms with Crippen molar-refractivity contribution in [3.05, 3.63) is 0 Å². The number of guanidine groups is 1. The highest BCUT2D eigenvalue weighted by molar-refractivity contribution is 7.80. The number of amides is 4. The highest BCUT2D eigenvalue weighted by atomic mass is 32.1. The van der Waals surface area contributed by atoms with E-state index in [1.54, 1.807) is 0 Å². The third kappa shape index (κ3) is 14.0. The second kappa shape index (κ2) is 17.3. The molecule has 0 saturated heterocycles. The molecule has 4 atom stereocenters. The first-order chi connectivity index (χ1) is 16.4. The van der Waals surface area contributed by atoms with Crippen molar-refractivity contribution >= 4 is 48.2 Å². The predicted molar refractivity (Wildman–Crippen MR) is 132 cm³/mol. The van der Waals surface area contributed by atoms with Crippen molar-refractivity contribution in [1.29, 1.82) is 0 Å². The van der Waals surface area contributed by atoms with E-state index in [4.69, 9.17) is 33.8 Å². The van der Waals surface area contributed by atoms with Gasteiger partial charge in [0.05, 0.1) is 12.5 Å². The molecular weight excluding hydrogens is 482 g/mol. The number of carbonyl (C=O) groups excluding carboxylic acids is 4. The quantitative estimate of drug-likeness (QED) is 0.0361. The third-order valence-electron chi connectivity index (χ3n) is 4.72. The van der Waals surface area contributed by atoms with Gasteiger partial charge in [-0.15, -0.1) is 0 Å². The van der Waals surface area contributed by atoms with Gasteiger partial charge in [-0.3, -0.25) is 24.2 Å². The van der Waals surface area contributed by atoms with E-state index in [0.717, 1.165) is 0 Å². The van der Waals surface area contributed by atoms with Gasteiger partial charge in [0.1, 0.15) is 18.1 Å². The summed E-state index contributed by atoms with van der Waals surface area (Å²) in [5.41, 5.74) is 27.0. The van der Waals surface area contributed by atoms with E-state index in [0.29, 0.717) is 25.8 Å². The topological polar surface area (TPSA) is 284 Å². The van der Waals surface area contributed by atoms with E-state index in [2.05, 4.69) is 33.6 Å². The molecule has 0 saturated carbocycles. The van der Waals surface area contributed by atoms with Gasteiger partial charge in [-0.05, 0) is 38.6 Å². The number of aliphatic imine (C=N–C) groups is 1. The largest absolute Gasteiger partial charge is 0.480 e. The van der Waals surface area contributed by atoms with E-state index in [9.17, 15) is 24.0 Å². The molecule has 0 bridgehead atoms. The summed E-state index contributed by atoms with van der Waals surface area (Å²) in [7, 11) is 0. The van der Waals surface area contributed by atoms with Gasteiger partial charge in [0.2, 0.25) is 23.6 Å². The van der Waals surface area contributed by atoms with Crippen LogP contribution in [0.15, 0.2) is 4.99 Å². The maximum atomic E-state index is 12.9. The Balaban J connectivity index is 5.34. The molecule has 0 aromatic carbocycles. The number of rotatable bonds is 18. The number of carboxylic acids is 1. The van der Waals surface area contributed by atoms with Crippen LogP contribution in [-0.4, -0.2) is 83.7 Å². The van der Waals surface area contributed by atoms with Crippen molar-refractivity contribution in [3.8, 4) is 0 Å². The lowest BCUT2D eigenvalue weighted by Crippen LogP contribution is -2.57. The van der Waals surface area contributed by atoms with Gasteiger partial charge in [0.25, 0.3) is 0 Å². The molecule has 35 heavy (non-hydrogen) atoms. The highest BCUT2D eigenvalue weighted by Crippen LogP contribution is 2.05. The van der Waals surface area contributed by atoms with Crippen LogP contribution in [0.4, 0.5) is 0 Å². The lowest BCUT2D eigenvalue weighted by atomic mass is 10.1. The fraction of sp³-hybridized carbons (Fsp3) is 0.684. The number of carboxylic acid groups (broad SMARTS) is 1. The second-order valence-corrected chi connectivity index (χ2v) is 8.08. The number of nitrogens with zero attached hydrogens (tertiary/aromatic N) is 1. The number of thiol groups is 1. The molecule has 16 heteroatoms. The third-order valence-corrected chi connectivity index (χ3v) is 5.08. The predicted octanol–water partition coefficient (Wildman–Crippen LogP) is -4.16. The summed E-state index contributed by atoms with van der Waals surface area (Å²) in [6, 6.07) is -4.87. The zero-order valence-corrected chi connectivity index (χ0v) is 20.3. The van der Waals surface area contributed by atoms with Crippen molar-refractivity contribution in [2.75, 3.05) is 18.8 Å². The molecule has 4 unspecified atom stereocenters. The fourth-order valence-corrected chi connectivity index (χ4v) is 3.08. The maximum absolute atomic E-state index is 12.9. The van der Waals surface area contributed by atoms with Gasteiger partial charge < -0.3 is 49.7 Å². The molecule has 0 heterocycles. The number of aliphatic carboxylic acids is 1. The first kappa shape index (κ1) is 31.9. The molecule has 0 aromatic rings. The minimum Gasteiger partial charge on any atom is -0.480 e. The van der Waals surface area contributed by atoms with Crippen LogP contribution in [-0.2, 0) is 24.0 Å². The molecule has 0 spiro atoms. The zero-order chi connectivity index (χ0) is 27.0. The van der Waals surface area contributed by atoms with E-state index in [1.165, 1.54) is 0 Å². The number of unbranched alkanes of at least 4 members (excludes halogenated alkanes) is 1. The van der Waals surface area contributed by atoms with Gasteiger partial charge >= 0.3 is 5.97 Å². The maximum Gasteiger partial charge on any atom is 0.327 e. The van der Waals surface area contributed by atoms with Crippen molar-refractivity contribution < 1.29 is 29.1 Å². The Labute approximate surface area is 208 Å². The Morgan fingerprint density at radius 1 is 0.829 bits per heavy atom. The van der Waals surface area contributed by atoms with Crippen LogP contribution < -0.4 is 44.6 Å². The van der Waals surface area contributed by atoms with Crippen LogP contribution >= 0.6 is 12.6 Å². The summed E-state index contributed by atoms with van der Waals surface area (Å²) in [5.74, 6) is -4.80. The Morgan fingerprint density at radius 3 is 1.91 bits per heavy atom. The minimum atomic E-state index is -1.41. The van der Waals surface area contributed by atoms with Crippen molar-refractivity contribution in [2.45, 2.75) is 62.7 Å². The van der Waals surface area contributed by atoms with E-state index in [1.807, 2.05) is 0 Å². The number of nitrogens with two attached hydrogens (primary N) is 5. The summed E-state index contributed by atoms with van der Waals surface area (Å²) in [6.45, 7) is 0.593. The Hall–Kier alpha value is -3.11. The number of hydrogen-bond acceptors (Lipinski definition) is 9. The lowest BCUT2D eigenvalue weighted by Gasteiger charge is -2.24. The van der Waals surface area contributed by atoms with Crippen LogP contribution in [0.5, 0.6) is 0 Å². The normalized spacial score (nSPS) is 14.0. The number of carbonyl (C=O) groups is 5. The van der Waals surface area contributed by atoms with Crippen molar-refractivity contribution in [3.63, 3.8) is 0 Å². The molecule has 0 aliphatic heterocycles. The molecule has 200 valence electrons. The lowest BCUT2D eigenvalue weighted by molar-refractivity contribution is -0.141. The van der Waals surface area contributed by atoms with E-state index in [-0.39, 0.29) is 31.1 Å². The van der Waals surface area contributed by atoms with Gasteiger partial charge in [-0.2, -0.15) is 12.6 Å². The van der Waals surface area contributed by atoms with E-state index >= 15 is 0 Å². The molecule has 0 aliphatic rings. The first-order valence-electron chi connectivity index (χ1n) is 11.0. The molecule has 14 N–H and O–H groups in total. The van der Waals surface area contributed by atoms with Crippen molar-refractivity contribution in [2.24, 2.45) is 33.7 Å². The smallest absolute Gasteiger partial charge is 0.327 e. The fourth-order valence-electron chi connectivity index (χ4n) is 2.83. The second-order valence-electron chi connectivity index (χ2n) is 7.71. The van der Waals surface area contributed by atoms with Gasteiger partial charge in [0, 0.05) is 12.3 Å². The minimum absolute atomic E-state index is 0.102. The molecule has 0 aliphatic carbocycles. The molecular formula is C19H37N9O6S. The standard InChI is InChI=1S/C19H37N9O6S/c20-6-2-1-5-11(16(31)28-13(9-35)18(33)34)26-17(32)12(8-14(22)29)27-15(30)10(21)4-3-7-25-19(23)24/h10-13,35H,1-9,20-21H2,(H2,22,29)(H,26,32)(H,27,30)(H,28,31)(H,33,34)(H4,23,24,25). The van der Waals surface area contributed by atoms with Gasteiger partial charge in [-0.25, -0.2) is 4.79 Å². The van der Waals surface area contributed by atoms with Crippen LogP contribution in [0.25, 0.3) is 0 Å². The molecule has 0 aromatic heterocycles. The van der Waals surface area contributed by atoms with Crippen LogP contribution in [0.2, 0.25) is 0 Å². The number of hydrogen-bond donors (Lipinski definition) is 10. The molecule has 4 amide bonds. The van der Waals surface area contributed by atoms with Crippen molar-refractivity contribution in [1.82, 2.24) is 16.0 Å². The van der Waals surface area contributed by atoms with Crippen LogP contribution in [0, 0.1) is 0 Å². The van der Waals surface area contributed by atoms with Gasteiger partial charge in [0.15, 0.2) is 5.96 Å². The molecule has 0 rings (SSSR count). The summed E-state index contributed by atoms with van der Waals surface area (Å²) >= 11 is 3.89. The van der Waals surface area contributed by atoms with Crippen LogP contribution in [0.3, 0.4) is 0 Å². The first-order valence-corrected chi connectivity index (χ1v) is 11.6. The summed E-state index contributed by atoms with van der Waals surface area (Å²) in [4.78, 5) is 64.4. The summed E-state index contributed by atoms with van der Waals surface area (Å²) in [6.07, 6.45) is 1.15. The Morgan fingerprint density at radius 2 is 1.40 bits per heavy atom. The molecule has 0 radical (unpaired) electrons. The van der Waals surface area contributed by atoms with E-state index < -0.39 is 60.2 Å². The molecule has 0 fully saturated rings. The summed E-state index contributed by atoms with van der Waals surface area (Å²) in [5, 5.41) is 16.2. The average molecular weight is 520 g/mol. The molecule has 15 nitrogen and oxygen atoms in total. The highest BCUT2D eigenvalue weighted by Gasteiger charge is 2.30. The number of primary amides is 1. The van der Waals surface area contributed by atoms with Crippen LogP contribution in [0.1, 0.15) is 38.5 Å². The zero-order valence-electron chi connectivity index (χ0n) is 19.4. The number of nitrogens with one attached hydrogen (secondary N) is 3. The SMILES string of the molecule is NCCCCC(NC(=O)C(CC(N)=O)NC(=O)C(N)CCCN=C(N)N)C(=O)NC(CS)C(=O)O. The Bertz CT molecular complexity index is 763. The Kier molecular flexibility index (Phi) is 15.8. The monoisotopic (exact) mass is 519 g/mol.